The smallest absolute Gasteiger partial charge is 0.315 e. The number of aromatic nitrogens is 1. The monoisotopic (exact) mass is 263 g/mol. The van der Waals surface area contributed by atoms with E-state index in [-0.39, 0.29) is 11.9 Å². The van der Waals surface area contributed by atoms with E-state index in [1.807, 2.05) is 13.8 Å². The third-order valence-corrected chi connectivity index (χ3v) is 3.50. The van der Waals surface area contributed by atoms with Gasteiger partial charge in [0.2, 0.25) is 0 Å². The molecule has 0 spiro atoms. The van der Waals surface area contributed by atoms with Gasteiger partial charge in [-0.2, -0.15) is 0 Å². The number of rotatable bonds is 3. The maximum absolute atomic E-state index is 14.0. The van der Waals surface area contributed by atoms with Gasteiger partial charge in [0.25, 0.3) is 0 Å². The Morgan fingerprint density at radius 2 is 2.00 bits per heavy atom. The average Bonchev–Trinajstić information content (AvgIpc) is 2.70. The molecule has 1 aromatic carbocycles. The molecule has 1 N–H and O–H groups in total. The molecule has 2 rings (SSSR count). The van der Waals surface area contributed by atoms with Gasteiger partial charge in [-0.3, -0.25) is 4.79 Å². The summed E-state index contributed by atoms with van der Waals surface area (Å²) in [5.41, 5.74) is 0.0346. The zero-order chi connectivity index (χ0) is 14.4. The summed E-state index contributed by atoms with van der Waals surface area (Å²) in [6.45, 7) is 7.13. The second-order valence-electron chi connectivity index (χ2n) is 5.60. The summed E-state index contributed by atoms with van der Waals surface area (Å²) >= 11 is 0. The summed E-state index contributed by atoms with van der Waals surface area (Å²) in [4.78, 5) is 11.5. The van der Waals surface area contributed by atoms with Crippen LogP contribution in [-0.2, 0) is 10.2 Å². The van der Waals surface area contributed by atoms with E-state index in [4.69, 9.17) is 0 Å². The lowest BCUT2D eigenvalue weighted by Gasteiger charge is -2.24. The molecule has 0 aliphatic heterocycles. The predicted molar refractivity (Wildman–Crippen MR) is 72.9 cm³/mol. The Balaban J connectivity index is 2.86. The normalized spacial score (nSPS) is 12.3. The predicted octanol–water partition coefficient (Wildman–Crippen LogP) is 3.72. The van der Waals surface area contributed by atoms with Crippen molar-refractivity contribution in [1.82, 2.24) is 4.57 Å². The zero-order valence-electron chi connectivity index (χ0n) is 11.6. The van der Waals surface area contributed by atoms with Crippen LogP contribution < -0.4 is 0 Å². The number of para-hydroxylation sites is 1. The van der Waals surface area contributed by atoms with Crippen LogP contribution in [0.3, 0.4) is 0 Å². The van der Waals surface area contributed by atoms with Gasteiger partial charge < -0.3 is 9.67 Å². The molecular formula is C15H18FNO2. The molecule has 0 atom stereocenters. The minimum atomic E-state index is -1.06. The molecule has 0 fully saturated rings. The van der Waals surface area contributed by atoms with Crippen LogP contribution in [-0.4, -0.2) is 15.6 Å². The minimum absolute atomic E-state index is 0.0111. The van der Waals surface area contributed by atoms with Crippen molar-refractivity contribution < 1.29 is 14.3 Å². The molecule has 0 unspecified atom stereocenters. The molecule has 3 nitrogen and oxygen atoms in total. The lowest BCUT2D eigenvalue weighted by Crippen LogP contribution is -2.31. The van der Waals surface area contributed by atoms with Crippen LogP contribution in [0.25, 0.3) is 10.9 Å². The highest BCUT2D eigenvalue weighted by Crippen LogP contribution is 2.33. The zero-order valence-corrected chi connectivity index (χ0v) is 11.6. The molecule has 0 bridgehead atoms. The minimum Gasteiger partial charge on any atom is -0.481 e. The summed E-state index contributed by atoms with van der Waals surface area (Å²) in [5.74, 6) is -1.24. The fourth-order valence-electron chi connectivity index (χ4n) is 2.37. The molecule has 1 aromatic heterocycles. The number of hydrogen-bond acceptors (Lipinski definition) is 1. The van der Waals surface area contributed by atoms with Crippen LogP contribution in [0.15, 0.2) is 24.3 Å². The molecule has 102 valence electrons. The van der Waals surface area contributed by atoms with Gasteiger partial charge in [-0.15, -0.1) is 0 Å². The Bertz CT molecular complexity index is 641. The Labute approximate surface area is 111 Å². The lowest BCUT2D eigenvalue weighted by molar-refractivity contribution is -0.142. The largest absolute Gasteiger partial charge is 0.481 e. The van der Waals surface area contributed by atoms with E-state index < -0.39 is 11.4 Å². The van der Waals surface area contributed by atoms with Crippen LogP contribution in [0, 0.1) is 5.82 Å². The molecule has 2 aromatic rings. The highest BCUT2D eigenvalue weighted by Gasteiger charge is 2.34. The molecule has 1 heterocycles. The van der Waals surface area contributed by atoms with Gasteiger partial charge in [0.05, 0.1) is 5.52 Å². The highest BCUT2D eigenvalue weighted by molar-refractivity contribution is 5.87. The van der Waals surface area contributed by atoms with Crippen LogP contribution >= 0.6 is 0 Å². The first kappa shape index (κ1) is 13.6. The molecule has 4 heteroatoms. The molecule has 0 saturated heterocycles. The van der Waals surface area contributed by atoms with E-state index >= 15 is 0 Å². The molecular weight excluding hydrogens is 245 g/mol. The molecule has 0 radical (unpaired) electrons. The van der Waals surface area contributed by atoms with Gasteiger partial charge in [-0.05, 0) is 39.8 Å². The van der Waals surface area contributed by atoms with Crippen LogP contribution in [0.5, 0.6) is 0 Å². The number of carboxylic acids is 1. The summed E-state index contributed by atoms with van der Waals surface area (Å²) in [6.07, 6.45) is 0. The Morgan fingerprint density at radius 1 is 1.37 bits per heavy atom. The third kappa shape index (κ3) is 2.01. The first-order valence-electron chi connectivity index (χ1n) is 6.30. The van der Waals surface area contributed by atoms with Crippen molar-refractivity contribution in [2.24, 2.45) is 0 Å². The Hall–Kier alpha value is -1.84. The second-order valence-corrected chi connectivity index (χ2v) is 5.60. The summed E-state index contributed by atoms with van der Waals surface area (Å²) in [5, 5.41) is 10.1. The number of halogens is 1. The van der Waals surface area contributed by atoms with Crippen LogP contribution in [0.2, 0.25) is 0 Å². The van der Waals surface area contributed by atoms with Crippen molar-refractivity contribution >= 4 is 16.9 Å². The van der Waals surface area contributed by atoms with Gasteiger partial charge >= 0.3 is 5.97 Å². The Kier molecular flexibility index (Phi) is 3.12. The van der Waals surface area contributed by atoms with E-state index in [2.05, 4.69) is 0 Å². The van der Waals surface area contributed by atoms with E-state index in [9.17, 15) is 14.3 Å². The van der Waals surface area contributed by atoms with E-state index in [1.54, 1.807) is 36.6 Å². The van der Waals surface area contributed by atoms with E-state index in [1.165, 1.54) is 6.07 Å². The number of fused-ring (bicyclic) bond motifs is 1. The van der Waals surface area contributed by atoms with Gasteiger partial charge in [0.15, 0.2) is 0 Å². The summed E-state index contributed by atoms with van der Waals surface area (Å²) < 4.78 is 15.8. The highest BCUT2D eigenvalue weighted by atomic mass is 19.1. The SMILES string of the molecule is CC(C)n1c(C(C)(C)C(=O)O)cc2cccc(F)c21. The van der Waals surface area contributed by atoms with Crippen molar-refractivity contribution in [2.75, 3.05) is 0 Å². The number of hydrogen-bond donors (Lipinski definition) is 1. The van der Waals surface area contributed by atoms with Crippen LogP contribution in [0.1, 0.15) is 39.4 Å². The molecule has 19 heavy (non-hydrogen) atoms. The maximum atomic E-state index is 14.0. The second kappa shape index (κ2) is 4.37. The lowest BCUT2D eigenvalue weighted by atomic mass is 9.89. The quantitative estimate of drug-likeness (QED) is 0.917. The molecule has 0 aliphatic carbocycles. The fourth-order valence-corrected chi connectivity index (χ4v) is 2.37. The van der Waals surface area contributed by atoms with Crippen molar-refractivity contribution in [3.05, 3.63) is 35.8 Å². The number of carboxylic acid groups (broad SMARTS) is 1. The Morgan fingerprint density at radius 3 is 2.53 bits per heavy atom. The van der Waals surface area contributed by atoms with Crippen molar-refractivity contribution in [1.29, 1.82) is 0 Å². The van der Waals surface area contributed by atoms with Gasteiger partial charge in [-0.25, -0.2) is 4.39 Å². The van der Waals surface area contributed by atoms with E-state index in [0.29, 0.717) is 11.2 Å². The number of nitrogens with zero attached hydrogens (tertiary/aromatic N) is 1. The summed E-state index contributed by atoms with van der Waals surface area (Å²) in [7, 11) is 0. The standard InChI is InChI=1S/C15H18FNO2/c1-9(2)17-12(15(3,4)14(18)19)8-10-6-5-7-11(16)13(10)17/h5-9H,1-4H3,(H,18,19). The first-order chi connectivity index (χ1) is 8.76. The molecule has 0 aliphatic rings. The first-order valence-corrected chi connectivity index (χ1v) is 6.30. The maximum Gasteiger partial charge on any atom is 0.315 e. The topological polar surface area (TPSA) is 42.2 Å². The summed E-state index contributed by atoms with van der Waals surface area (Å²) in [6, 6.07) is 6.60. The van der Waals surface area contributed by atoms with Crippen molar-refractivity contribution in [3.63, 3.8) is 0 Å². The van der Waals surface area contributed by atoms with Crippen LogP contribution in [0.4, 0.5) is 4.39 Å². The van der Waals surface area contributed by atoms with Gasteiger partial charge in [0.1, 0.15) is 11.2 Å². The average molecular weight is 263 g/mol. The van der Waals surface area contributed by atoms with Gasteiger partial charge in [-0.1, -0.05) is 12.1 Å². The number of aliphatic carboxylic acids is 1. The van der Waals surface area contributed by atoms with Crippen molar-refractivity contribution in [2.45, 2.75) is 39.2 Å². The molecule has 0 amide bonds. The van der Waals surface area contributed by atoms with Gasteiger partial charge in [0, 0.05) is 17.1 Å². The number of benzene rings is 1. The van der Waals surface area contributed by atoms with E-state index in [0.717, 1.165) is 5.39 Å². The fraction of sp³-hybridized carbons (Fsp3) is 0.400. The molecule has 0 saturated carbocycles. The van der Waals surface area contributed by atoms with Crippen molar-refractivity contribution in [3.8, 4) is 0 Å². The number of carbonyl (C=O) groups is 1. The third-order valence-electron chi connectivity index (χ3n) is 3.50.